The average Bonchev–Trinajstić information content (AvgIpc) is 2.69. The summed E-state index contributed by atoms with van der Waals surface area (Å²) < 4.78 is 5.49. The van der Waals surface area contributed by atoms with Crippen molar-refractivity contribution in [1.29, 1.82) is 0 Å². The number of aromatic nitrogens is 1. The number of thioether (sulfide) groups is 1. The van der Waals surface area contributed by atoms with Gasteiger partial charge in [0.2, 0.25) is 0 Å². The summed E-state index contributed by atoms with van der Waals surface area (Å²) in [6.07, 6.45) is 5.57. The predicted molar refractivity (Wildman–Crippen MR) is 76.0 cm³/mol. The smallest absolute Gasteiger partial charge is 0.256 e. The van der Waals surface area contributed by atoms with E-state index in [-0.39, 0.29) is 0 Å². The highest BCUT2D eigenvalue weighted by Gasteiger charge is 2.39. The van der Waals surface area contributed by atoms with Crippen LogP contribution in [0, 0.1) is 12.3 Å². The number of nitrogens with zero attached hydrogens (tertiary/aromatic N) is 1. The molecule has 0 spiro atoms. The second-order valence-electron chi connectivity index (χ2n) is 5.83. The molecule has 2 atom stereocenters. The van der Waals surface area contributed by atoms with E-state index in [1.807, 2.05) is 6.92 Å². The maximum Gasteiger partial charge on any atom is 0.256 e. The zero-order chi connectivity index (χ0) is 13.2. The summed E-state index contributed by atoms with van der Waals surface area (Å²) in [5, 5.41) is 5.04. The molecule has 0 amide bonds. The molecule has 1 aliphatic rings. The second-order valence-corrected chi connectivity index (χ2v) is 7.02. The van der Waals surface area contributed by atoms with Gasteiger partial charge < -0.3 is 9.73 Å². The second kappa shape index (κ2) is 5.66. The van der Waals surface area contributed by atoms with Crippen molar-refractivity contribution in [3.8, 4) is 0 Å². The molecule has 3 nitrogen and oxygen atoms in total. The molecule has 1 aliphatic carbocycles. The normalized spacial score (nSPS) is 27.3. The first-order chi connectivity index (χ1) is 8.53. The summed E-state index contributed by atoms with van der Waals surface area (Å²) in [6, 6.07) is 0.536. The summed E-state index contributed by atoms with van der Waals surface area (Å²) in [7, 11) is 0. The van der Waals surface area contributed by atoms with Crippen LogP contribution in [0.2, 0.25) is 0 Å². The van der Waals surface area contributed by atoms with Crippen LogP contribution in [-0.4, -0.2) is 22.8 Å². The van der Waals surface area contributed by atoms with Gasteiger partial charge in [0.05, 0.1) is 5.69 Å². The van der Waals surface area contributed by atoms with E-state index in [0.29, 0.717) is 16.7 Å². The summed E-state index contributed by atoms with van der Waals surface area (Å²) in [5.74, 6) is 0. The molecule has 0 aromatic carbocycles. The number of hydrogen-bond acceptors (Lipinski definition) is 4. The van der Waals surface area contributed by atoms with Crippen LogP contribution in [-0.2, 0) is 0 Å². The third kappa shape index (κ3) is 3.09. The Kier molecular flexibility index (Phi) is 4.38. The van der Waals surface area contributed by atoms with Crippen molar-refractivity contribution in [3.05, 3.63) is 12.0 Å². The van der Waals surface area contributed by atoms with Crippen molar-refractivity contribution >= 4 is 11.8 Å². The van der Waals surface area contributed by atoms with Crippen LogP contribution < -0.4 is 5.32 Å². The zero-order valence-electron chi connectivity index (χ0n) is 11.8. The van der Waals surface area contributed by atoms with Crippen molar-refractivity contribution in [3.63, 3.8) is 0 Å². The van der Waals surface area contributed by atoms with Crippen LogP contribution in [0.4, 0.5) is 0 Å². The maximum absolute atomic E-state index is 5.49. The van der Waals surface area contributed by atoms with Gasteiger partial charge in [-0.15, -0.1) is 0 Å². The van der Waals surface area contributed by atoms with Gasteiger partial charge in [-0.1, -0.05) is 39.0 Å². The lowest BCUT2D eigenvalue weighted by Crippen LogP contribution is -2.51. The van der Waals surface area contributed by atoms with Crippen LogP contribution >= 0.6 is 11.8 Å². The van der Waals surface area contributed by atoms with Crippen LogP contribution in [0.5, 0.6) is 0 Å². The van der Waals surface area contributed by atoms with Gasteiger partial charge in [-0.05, 0) is 31.7 Å². The van der Waals surface area contributed by atoms with Crippen molar-refractivity contribution in [2.75, 3.05) is 6.54 Å². The number of nitrogens with one attached hydrogen (secondary N) is 1. The van der Waals surface area contributed by atoms with Gasteiger partial charge in [0.1, 0.15) is 6.26 Å². The van der Waals surface area contributed by atoms with E-state index >= 15 is 0 Å². The summed E-state index contributed by atoms with van der Waals surface area (Å²) in [5.41, 5.74) is 1.32. The van der Waals surface area contributed by atoms with Gasteiger partial charge in [0, 0.05) is 11.3 Å². The van der Waals surface area contributed by atoms with Gasteiger partial charge in [-0.2, -0.15) is 0 Å². The van der Waals surface area contributed by atoms with E-state index in [1.165, 1.54) is 19.3 Å². The van der Waals surface area contributed by atoms with E-state index in [4.69, 9.17) is 4.42 Å². The summed E-state index contributed by atoms with van der Waals surface area (Å²) in [4.78, 5) is 4.42. The molecule has 2 unspecified atom stereocenters. The van der Waals surface area contributed by atoms with Gasteiger partial charge in [-0.25, -0.2) is 4.98 Å². The standard InChI is InChI=1S/C14H24N2OS/c1-5-15-12-11(7-6-8-14(12,3)4)18-13-16-10(2)9-17-13/h9,11-12,15H,5-8H2,1-4H3. The molecule has 2 rings (SSSR count). The zero-order valence-corrected chi connectivity index (χ0v) is 12.6. The first-order valence-electron chi connectivity index (χ1n) is 6.85. The highest BCUT2D eigenvalue weighted by atomic mass is 32.2. The lowest BCUT2D eigenvalue weighted by atomic mass is 9.73. The Morgan fingerprint density at radius 1 is 1.56 bits per heavy atom. The number of rotatable bonds is 4. The molecule has 1 N–H and O–H groups in total. The van der Waals surface area contributed by atoms with Gasteiger partial charge >= 0.3 is 0 Å². The molecule has 18 heavy (non-hydrogen) atoms. The minimum atomic E-state index is 0.355. The summed E-state index contributed by atoms with van der Waals surface area (Å²) >= 11 is 1.80. The third-order valence-corrected chi connectivity index (χ3v) is 5.00. The largest absolute Gasteiger partial charge is 0.440 e. The molecule has 0 radical (unpaired) electrons. The Labute approximate surface area is 114 Å². The minimum absolute atomic E-state index is 0.355. The monoisotopic (exact) mass is 268 g/mol. The van der Waals surface area contributed by atoms with Crippen molar-refractivity contribution < 1.29 is 4.42 Å². The Morgan fingerprint density at radius 2 is 2.33 bits per heavy atom. The summed E-state index contributed by atoms with van der Waals surface area (Å²) in [6.45, 7) is 9.92. The van der Waals surface area contributed by atoms with E-state index in [2.05, 4.69) is 31.1 Å². The minimum Gasteiger partial charge on any atom is -0.440 e. The third-order valence-electron chi connectivity index (χ3n) is 3.80. The average molecular weight is 268 g/mol. The molecule has 1 aromatic heterocycles. The Hall–Kier alpha value is -0.480. The molecule has 1 saturated carbocycles. The van der Waals surface area contributed by atoms with E-state index < -0.39 is 0 Å². The van der Waals surface area contributed by atoms with Crippen LogP contribution in [0.3, 0.4) is 0 Å². The van der Waals surface area contributed by atoms with Gasteiger partial charge in [-0.3, -0.25) is 0 Å². The molecule has 4 heteroatoms. The highest BCUT2D eigenvalue weighted by Crippen LogP contribution is 2.42. The van der Waals surface area contributed by atoms with Crippen molar-refractivity contribution in [2.24, 2.45) is 5.41 Å². The van der Waals surface area contributed by atoms with E-state index in [0.717, 1.165) is 17.5 Å². The molecule has 0 aliphatic heterocycles. The molecule has 1 aromatic rings. The number of hydrogen-bond donors (Lipinski definition) is 1. The maximum atomic E-state index is 5.49. The Bertz CT molecular complexity index is 389. The molecule has 1 heterocycles. The predicted octanol–water partition coefficient (Wildman–Crippen LogP) is 3.63. The fourth-order valence-electron chi connectivity index (χ4n) is 2.85. The molecule has 0 saturated heterocycles. The molecular weight excluding hydrogens is 244 g/mol. The molecule has 0 bridgehead atoms. The Balaban J connectivity index is 2.09. The quantitative estimate of drug-likeness (QED) is 0.905. The van der Waals surface area contributed by atoms with E-state index in [9.17, 15) is 0 Å². The number of aryl methyl sites for hydroxylation is 1. The lowest BCUT2D eigenvalue weighted by molar-refractivity contribution is 0.176. The van der Waals surface area contributed by atoms with Crippen molar-refractivity contribution in [2.45, 2.75) is 63.5 Å². The first-order valence-corrected chi connectivity index (χ1v) is 7.73. The fourth-order valence-corrected chi connectivity index (χ4v) is 4.30. The van der Waals surface area contributed by atoms with Gasteiger partial charge in [0.15, 0.2) is 0 Å². The SMILES string of the molecule is CCNC1C(Sc2nc(C)co2)CCCC1(C)C. The highest BCUT2D eigenvalue weighted by molar-refractivity contribution is 7.99. The molecular formula is C14H24N2OS. The fraction of sp³-hybridized carbons (Fsp3) is 0.786. The van der Waals surface area contributed by atoms with Crippen LogP contribution in [0.15, 0.2) is 15.9 Å². The Morgan fingerprint density at radius 3 is 2.94 bits per heavy atom. The van der Waals surface area contributed by atoms with E-state index in [1.54, 1.807) is 18.0 Å². The van der Waals surface area contributed by atoms with Crippen molar-refractivity contribution in [1.82, 2.24) is 10.3 Å². The van der Waals surface area contributed by atoms with Gasteiger partial charge in [0.25, 0.3) is 5.22 Å². The van der Waals surface area contributed by atoms with Crippen LogP contribution in [0.25, 0.3) is 0 Å². The lowest BCUT2D eigenvalue weighted by Gasteiger charge is -2.43. The molecule has 1 fully saturated rings. The number of oxazole rings is 1. The van der Waals surface area contributed by atoms with Crippen LogP contribution in [0.1, 0.15) is 45.7 Å². The first kappa shape index (κ1) is 13.9. The molecule has 102 valence electrons. The topological polar surface area (TPSA) is 38.1 Å².